The number of sulfonamides is 1. The minimum absolute atomic E-state index is 0.0922. The molecule has 2 aromatic carbocycles. The fourth-order valence-corrected chi connectivity index (χ4v) is 3.91. The van der Waals surface area contributed by atoms with E-state index in [9.17, 15) is 13.2 Å². The lowest BCUT2D eigenvalue weighted by Crippen LogP contribution is -2.37. The van der Waals surface area contributed by atoms with Crippen LogP contribution in [-0.4, -0.2) is 38.6 Å². The Labute approximate surface area is 159 Å². The van der Waals surface area contributed by atoms with Crippen LogP contribution in [0.25, 0.3) is 0 Å². The molecule has 0 spiro atoms. The Morgan fingerprint density at radius 3 is 2.41 bits per heavy atom. The number of piperidine rings is 1. The SMILES string of the molecule is CS(=O)(=O)Nc1cccc(C(=O)N2CCC(c3ccc(C#N)cc3)CC2)c1. The van der Waals surface area contributed by atoms with Gasteiger partial charge >= 0.3 is 0 Å². The third kappa shape index (κ3) is 4.86. The molecule has 6 nitrogen and oxygen atoms in total. The lowest BCUT2D eigenvalue weighted by Gasteiger charge is -2.32. The molecule has 0 unspecified atom stereocenters. The van der Waals surface area contributed by atoms with Gasteiger partial charge in [-0.25, -0.2) is 8.42 Å². The average Bonchev–Trinajstić information content (AvgIpc) is 2.66. The van der Waals surface area contributed by atoms with Gasteiger partial charge < -0.3 is 4.90 Å². The molecule has 0 radical (unpaired) electrons. The first-order valence-electron chi connectivity index (χ1n) is 8.73. The summed E-state index contributed by atoms with van der Waals surface area (Å²) in [7, 11) is -3.38. The van der Waals surface area contributed by atoms with Crippen molar-refractivity contribution in [3.05, 3.63) is 65.2 Å². The van der Waals surface area contributed by atoms with E-state index in [0.717, 1.165) is 19.1 Å². The van der Waals surface area contributed by atoms with E-state index in [1.54, 1.807) is 29.2 Å². The number of hydrogen-bond donors (Lipinski definition) is 1. The minimum atomic E-state index is -3.38. The van der Waals surface area contributed by atoms with E-state index in [2.05, 4.69) is 10.8 Å². The Balaban J connectivity index is 1.64. The highest BCUT2D eigenvalue weighted by Crippen LogP contribution is 2.29. The average molecular weight is 383 g/mol. The number of carbonyl (C=O) groups excluding carboxylic acids is 1. The number of nitrogens with one attached hydrogen (secondary N) is 1. The summed E-state index contributed by atoms with van der Waals surface area (Å²) in [5, 5.41) is 8.89. The Kier molecular flexibility index (Phi) is 5.47. The number of carbonyl (C=O) groups is 1. The number of likely N-dealkylation sites (tertiary alicyclic amines) is 1. The molecule has 3 rings (SSSR count). The van der Waals surface area contributed by atoms with Crippen LogP contribution in [0, 0.1) is 11.3 Å². The third-order valence-corrected chi connectivity index (χ3v) is 5.31. The Morgan fingerprint density at radius 2 is 1.81 bits per heavy atom. The number of benzene rings is 2. The fourth-order valence-electron chi connectivity index (χ4n) is 3.36. The van der Waals surface area contributed by atoms with Gasteiger partial charge in [0.25, 0.3) is 5.91 Å². The molecule has 1 amide bonds. The zero-order valence-electron chi connectivity index (χ0n) is 15.1. The molecule has 1 aliphatic heterocycles. The minimum Gasteiger partial charge on any atom is -0.339 e. The Morgan fingerprint density at radius 1 is 1.15 bits per heavy atom. The van der Waals surface area contributed by atoms with Gasteiger partial charge in [0, 0.05) is 24.3 Å². The Hall–Kier alpha value is -2.85. The molecule has 1 heterocycles. The van der Waals surface area contributed by atoms with Crippen LogP contribution in [-0.2, 0) is 10.0 Å². The van der Waals surface area contributed by atoms with Crippen LogP contribution in [0.4, 0.5) is 5.69 Å². The highest BCUT2D eigenvalue weighted by Gasteiger charge is 2.24. The molecular weight excluding hydrogens is 362 g/mol. The summed E-state index contributed by atoms with van der Waals surface area (Å²) in [5.41, 5.74) is 2.70. The van der Waals surface area contributed by atoms with Gasteiger partial charge in [0.15, 0.2) is 0 Å². The number of nitrogens with zero attached hydrogens (tertiary/aromatic N) is 2. The lowest BCUT2D eigenvalue weighted by atomic mass is 9.89. The molecule has 0 saturated carbocycles. The maximum atomic E-state index is 12.8. The van der Waals surface area contributed by atoms with Crippen LogP contribution in [0.15, 0.2) is 48.5 Å². The second-order valence-electron chi connectivity index (χ2n) is 6.76. The van der Waals surface area contributed by atoms with E-state index in [-0.39, 0.29) is 5.91 Å². The van der Waals surface area contributed by atoms with Crippen LogP contribution >= 0.6 is 0 Å². The zero-order chi connectivity index (χ0) is 19.4. The summed E-state index contributed by atoms with van der Waals surface area (Å²) in [6.45, 7) is 1.29. The summed E-state index contributed by atoms with van der Waals surface area (Å²) >= 11 is 0. The van der Waals surface area contributed by atoms with Gasteiger partial charge in [-0.3, -0.25) is 9.52 Å². The maximum Gasteiger partial charge on any atom is 0.253 e. The summed E-state index contributed by atoms with van der Waals surface area (Å²) in [4.78, 5) is 14.6. The standard InChI is InChI=1S/C20H21N3O3S/c1-27(25,26)22-19-4-2-3-18(13-19)20(24)23-11-9-17(10-12-23)16-7-5-15(14-21)6-8-16/h2-8,13,17,22H,9-12H2,1H3. The van der Waals surface area contributed by atoms with Crippen molar-refractivity contribution in [3.8, 4) is 6.07 Å². The second-order valence-corrected chi connectivity index (χ2v) is 8.50. The van der Waals surface area contributed by atoms with Crippen molar-refractivity contribution in [2.24, 2.45) is 0 Å². The topological polar surface area (TPSA) is 90.3 Å². The van der Waals surface area contributed by atoms with E-state index in [1.165, 1.54) is 5.56 Å². The predicted octanol–water partition coefficient (Wildman–Crippen LogP) is 2.95. The van der Waals surface area contributed by atoms with Gasteiger partial charge in [-0.2, -0.15) is 5.26 Å². The van der Waals surface area contributed by atoms with Gasteiger partial charge in [0.1, 0.15) is 0 Å². The number of hydrogen-bond acceptors (Lipinski definition) is 4. The summed E-state index contributed by atoms with van der Waals surface area (Å²) in [6.07, 6.45) is 2.80. The Bertz CT molecular complexity index is 970. The molecule has 0 atom stereocenters. The molecule has 2 aromatic rings. The largest absolute Gasteiger partial charge is 0.339 e. The van der Waals surface area contributed by atoms with E-state index in [1.807, 2.05) is 24.3 Å². The first-order valence-corrected chi connectivity index (χ1v) is 10.6. The van der Waals surface area contributed by atoms with Gasteiger partial charge in [0.2, 0.25) is 10.0 Å². The highest BCUT2D eigenvalue weighted by molar-refractivity contribution is 7.92. The molecule has 7 heteroatoms. The van der Waals surface area contributed by atoms with Gasteiger partial charge in [-0.1, -0.05) is 18.2 Å². The van der Waals surface area contributed by atoms with Crippen molar-refractivity contribution in [1.82, 2.24) is 4.90 Å². The van der Waals surface area contributed by atoms with Crippen LogP contribution in [0.1, 0.15) is 40.2 Å². The van der Waals surface area contributed by atoms with E-state index < -0.39 is 10.0 Å². The zero-order valence-corrected chi connectivity index (χ0v) is 15.9. The highest BCUT2D eigenvalue weighted by atomic mass is 32.2. The van der Waals surface area contributed by atoms with Crippen molar-refractivity contribution in [2.75, 3.05) is 24.1 Å². The van der Waals surface area contributed by atoms with Gasteiger partial charge in [-0.05, 0) is 54.7 Å². The van der Waals surface area contributed by atoms with Crippen LogP contribution in [0.5, 0.6) is 0 Å². The van der Waals surface area contributed by atoms with Gasteiger partial charge in [0.05, 0.1) is 17.9 Å². The number of amides is 1. The molecule has 27 heavy (non-hydrogen) atoms. The molecule has 140 valence electrons. The van der Waals surface area contributed by atoms with E-state index in [4.69, 9.17) is 5.26 Å². The molecule has 1 saturated heterocycles. The van der Waals surface area contributed by atoms with Crippen LogP contribution in [0.3, 0.4) is 0 Å². The maximum absolute atomic E-state index is 12.8. The van der Waals surface area contributed by atoms with E-state index >= 15 is 0 Å². The van der Waals surface area contributed by atoms with Crippen LogP contribution < -0.4 is 4.72 Å². The third-order valence-electron chi connectivity index (χ3n) is 4.71. The second kappa shape index (κ2) is 7.80. The van der Waals surface area contributed by atoms with Crippen molar-refractivity contribution < 1.29 is 13.2 Å². The van der Waals surface area contributed by atoms with Gasteiger partial charge in [-0.15, -0.1) is 0 Å². The molecule has 0 aromatic heterocycles. The summed E-state index contributed by atoms with van der Waals surface area (Å²) in [5.74, 6) is 0.283. The normalized spacial score (nSPS) is 15.2. The van der Waals surface area contributed by atoms with Crippen LogP contribution in [0.2, 0.25) is 0 Å². The number of rotatable bonds is 4. The van der Waals surface area contributed by atoms with Crippen molar-refractivity contribution in [2.45, 2.75) is 18.8 Å². The van der Waals surface area contributed by atoms with E-state index in [0.29, 0.717) is 35.8 Å². The summed E-state index contributed by atoms with van der Waals surface area (Å²) < 4.78 is 25.1. The quantitative estimate of drug-likeness (QED) is 0.879. The first-order chi connectivity index (χ1) is 12.9. The smallest absolute Gasteiger partial charge is 0.253 e. The van der Waals surface area contributed by atoms with Crippen molar-refractivity contribution in [3.63, 3.8) is 0 Å². The van der Waals surface area contributed by atoms with Crippen molar-refractivity contribution in [1.29, 1.82) is 5.26 Å². The fraction of sp³-hybridized carbons (Fsp3) is 0.300. The molecule has 1 aliphatic rings. The predicted molar refractivity (Wildman–Crippen MR) is 104 cm³/mol. The summed E-state index contributed by atoms with van der Waals surface area (Å²) in [6, 6.07) is 16.3. The molecule has 0 bridgehead atoms. The number of nitriles is 1. The lowest BCUT2D eigenvalue weighted by molar-refractivity contribution is 0.0713. The first kappa shape index (κ1) is 18.9. The molecule has 1 N–H and O–H groups in total. The van der Waals surface area contributed by atoms with Crippen molar-refractivity contribution >= 4 is 21.6 Å². The molecular formula is C20H21N3O3S. The number of anilines is 1. The molecule has 0 aliphatic carbocycles. The monoisotopic (exact) mass is 383 g/mol. The molecule has 1 fully saturated rings.